The highest BCUT2D eigenvalue weighted by atomic mass is 19.4. The molecule has 4 rings (SSSR count). The third-order valence-corrected chi connectivity index (χ3v) is 4.75. The van der Waals surface area contributed by atoms with E-state index in [0.29, 0.717) is 35.9 Å². The largest absolute Gasteiger partial charge is 0.497 e. The molecular formula is C22H18F3NO2. The van der Waals surface area contributed by atoms with Crippen molar-refractivity contribution in [2.24, 2.45) is 0 Å². The summed E-state index contributed by atoms with van der Waals surface area (Å²) in [5.74, 6) is 1.28. The highest BCUT2D eigenvalue weighted by Gasteiger charge is 2.35. The molecule has 1 heterocycles. The van der Waals surface area contributed by atoms with Crippen LogP contribution in [0.2, 0.25) is 0 Å². The first kappa shape index (κ1) is 18.2. The molecule has 0 fully saturated rings. The molecule has 6 heteroatoms. The van der Waals surface area contributed by atoms with E-state index >= 15 is 0 Å². The Morgan fingerprint density at radius 3 is 2.32 bits per heavy atom. The van der Waals surface area contributed by atoms with Crippen molar-refractivity contribution in [1.82, 2.24) is 0 Å². The summed E-state index contributed by atoms with van der Waals surface area (Å²) >= 11 is 0. The fourth-order valence-corrected chi connectivity index (χ4v) is 3.48. The standard InChI is InChI=1S/C22H18F3NO2/c1-27-16-11-9-15(10-12-16)26-13-14-28-20-8-4-6-18(21(20)26)17-5-2-3-7-19(17)22(23,24)25/h2-12H,13-14H2,1H3. The number of para-hydroxylation sites is 1. The van der Waals surface area contributed by atoms with Crippen LogP contribution in [-0.2, 0) is 6.18 Å². The smallest absolute Gasteiger partial charge is 0.417 e. The van der Waals surface area contributed by atoms with E-state index < -0.39 is 11.7 Å². The Balaban J connectivity index is 1.89. The number of alkyl halides is 3. The van der Waals surface area contributed by atoms with Crippen LogP contribution in [0.5, 0.6) is 11.5 Å². The van der Waals surface area contributed by atoms with E-state index in [1.807, 2.05) is 29.2 Å². The maximum Gasteiger partial charge on any atom is 0.417 e. The zero-order valence-corrected chi connectivity index (χ0v) is 15.2. The molecule has 28 heavy (non-hydrogen) atoms. The van der Waals surface area contributed by atoms with Crippen LogP contribution in [0.1, 0.15) is 5.56 Å². The van der Waals surface area contributed by atoms with Crippen LogP contribution in [0.3, 0.4) is 0 Å². The molecule has 0 saturated heterocycles. The van der Waals surface area contributed by atoms with Crippen molar-refractivity contribution < 1.29 is 22.6 Å². The number of halogens is 3. The molecule has 3 nitrogen and oxygen atoms in total. The lowest BCUT2D eigenvalue weighted by Crippen LogP contribution is -2.29. The summed E-state index contributed by atoms with van der Waals surface area (Å²) in [4.78, 5) is 1.99. The maximum atomic E-state index is 13.6. The number of hydrogen-bond donors (Lipinski definition) is 0. The van der Waals surface area contributed by atoms with Gasteiger partial charge in [-0.2, -0.15) is 13.2 Å². The van der Waals surface area contributed by atoms with Crippen LogP contribution in [0.25, 0.3) is 11.1 Å². The third kappa shape index (κ3) is 3.26. The van der Waals surface area contributed by atoms with Crippen molar-refractivity contribution in [3.8, 4) is 22.6 Å². The number of hydrogen-bond acceptors (Lipinski definition) is 3. The number of fused-ring (bicyclic) bond motifs is 1. The first-order valence-corrected chi connectivity index (χ1v) is 8.83. The topological polar surface area (TPSA) is 21.7 Å². The lowest BCUT2D eigenvalue weighted by Gasteiger charge is -2.33. The van der Waals surface area contributed by atoms with Crippen molar-refractivity contribution >= 4 is 11.4 Å². The van der Waals surface area contributed by atoms with Crippen molar-refractivity contribution in [1.29, 1.82) is 0 Å². The highest BCUT2D eigenvalue weighted by molar-refractivity contribution is 5.88. The average Bonchev–Trinajstić information content (AvgIpc) is 2.72. The van der Waals surface area contributed by atoms with Gasteiger partial charge in [-0.1, -0.05) is 30.3 Å². The highest BCUT2D eigenvalue weighted by Crippen LogP contribution is 2.47. The molecule has 0 N–H and O–H groups in total. The van der Waals surface area contributed by atoms with Gasteiger partial charge in [0.25, 0.3) is 0 Å². The van der Waals surface area contributed by atoms with Gasteiger partial charge in [0.05, 0.1) is 24.9 Å². The van der Waals surface area contributed by atoms with E-state index in [2.05, 4.69) is 0 Å². The fraction of sp³-hybridized carbons (Fsp3) is 0.182. The summed E-state index contributed by atoms with van der Waals surface area (Å²) in [6, 6.07) is 18.3. The molecule has 0 unspecified atom stereocenters. The summed E-state index contributed by atoms with van der Waals surface area (Å²) in [5, 5.41) is 0. The van der Waals surface area contributed by atoms with Crippen LogP contribution in [0, 0.1) is 0 Å². The number of anilines is 2. The van der Waals surface area contributed by atoms with Crippen LogP contribution in [-0.4, -0.2) is 20.3 Å². The molecule has 0 aromatic heterocycles. The molecule has 0 amide bonds. The van der Waals surface area contributed by atoms with Crippen LogP contribution < -0.4 is 14.4 Å². The number of nitrogens with zero attached hydrogens (tertiary/aromatic N) is 1. The minimum absolute atomic E-state index is 0.135. The Morgan fingerprint density at radius 1 is 0.893 bits per heavy atom. The molecule has 3 aromatic carbocycles. The first-order chi connectivity index (χ1) is 13.5. The summed E-state index contributed by atoms with van der Waals surface area (Å²) in [6.07, 6.45) is -4.44. The summed E-state index contributed by atoms with van der Waals surface area (Å²) in [6.45, 7) is 0.980. The van der Waals surface area contributed by atoms with Gasteiger partial charge in [-0.25, -0.2) is 0 Å². The Morgan fingerprint density at radius 2 is 1.61 bits per heavy atom. The predicted octanol–water partition coefficient (Wildman–Crippen LogP) is 5.91. The second kappa shape index (κ2) is 7.11. The van der Waals surface area contributed by atoms with E-state index in [-0.39, 0.29) is 5.56 Å². The van der Waals surface area contributed by atoms with Gasteiger partial charge < -0.3 is 14.4 Å². The molecule has 0 atom stereocenters. The molecular weight excluding hydrogens is 367 g/mol. The Hall–Kier alpha value is -3.15. The zero-order valence-electron chi connectivity index (χ0n) is 15.2. The molecule has 1 aliphatic heterocycles. The molecule has 0 saturated carbocycles. The summed E-state index contributed by atoms with van der Waals surface area (Å²) in [7, 11) is 1.59. The average molecular weight is 385 g/mol. The van der Waals surface area contributed by atoms with Crippen molar-refractivity contribution in [2.45, 2.75) is 6.18 Å². The van der Waals surface area contributed by atoms with Crippen LogP contribution in [0.4, 0.5) is 24.5 Å². The number of rotatable bonds is 3. The normalized spacial score (nSPS) is 13.6. The molecule has 0 spiro atoms. The van der Waals surface area contributed by atoms with Crippen molar-refractivity contribution in [2.75, 3.05) is 25.2 Å². The van der Waals surface area contributed by atoms with E-state index in [0.717, 1.165) is 11.8 Å². The van der Waals surface area contributed by atoms with Gasteiger partial charge in [0, 0.05) is 11.3 Å². The molecule has 3 aromatic rings. The number of benzene rings is 3. The predicted molar refractivity (Wildman–Crippen MR) is 102 cm³/mol. The van der Waals surface area contributed by atoms with E-state index in [9.17, 15) is 13.2 Å². The SMILES string of the molecule is COc1ccc(N2CCOc3cccc(-c4ccccc4C(F)(F)F)c32)cc1. The Bertz CT molecular complexity index is 984. The van der Waals surface area contributed by atoms with E-state index in [1.165, 1.54) is 12.1 Å². The van der Waals surface area contributed by atoms with Crippen LogP contribution in [0.15, 0.2) is 66.7 Å². The second-order valence-electron chi connectivity index (χ2n) is 6.39. The van der Waals surface area contributed by atoms with Gasteiger partial charge in [-0.15, -0.1) is 0 Å². The Labute approximate surface area is 160 Å². The van der Waals surface area contributed by atoms with Gasteiger partial charge in [-0.3, -0.25) is 0 Å². The summed E-state index contributed by atoms with van der Waals surface area (Å²) in [5.41, 5.74) is 1.46. The maximum absolute atomic E-state index is 13.6. The van der Waals surface area contributed by atoms with Crippen molar-refractivity contribution in [3.05, 3.63) is 72.3 Å². The minimum atomic E-state index is -4.44. The number of methoxy groups -OCH3 is 1. The lowest BCUT2D eigenvalue weighted by molar-refractivity contribution is -0.137. The first-order valence-electron chi connectivity index (χ1n) is 8.83. The van der Waals surface area contributed by atoms with Gasteiger partial charge >= 0.3 is 6.18 Å². The van der Waals surface area contributed by atoms with Crippen molar-refractivity contribution in [3.63, 3.8) is 0 Å². The third-order valence-electron chi connectivity index (χ3n) is 4.75. The van der Waals surface area contributed by atoms with Gasteiger partial charge in [-0.05, 0) is 42.0 Å². The monoisotopic (exact) mass is 385 g/mol. The fourth-order valence-electron chi connectivity index (χ4n) is 3.48. The second-order valence-corrected chi connectivity index (χ2v) is 6.39. The molecule has 1 aliphatic rings. The molecule has 144 valence electrons. The quantitative estimate of drug-likeness (QED) is 0.559. The molecule has 0 radical (unpaired) electrons. The van der Waals surface area contributed by atoms with E-state index in [1.54, 1.807) is 31.4 Å². The van der Waals surface area contributed by atoms with Crippen LogP contribution >= 0.6 is 0 Å². The number of ether oxygens (including phenoxy) is 2. The van der Waals surface area contributed by atoms with Gasteiger partial charge in [0.15, 0.2) is 0 Å². The zero-order chi connectivity index (χ0) is 19.7. The Kier molecular flexibility index (Phi) is 4.63. The van der Waals surface area contributed by atoms with E-state index in [4.69, 9.17) is 9.47 Å². The van der Waals surface area contributed by atoms with Gasteiger partial charge in [0.2, 0.25) is 0 Å². The lowest BCUT2D eigenvalue weighted by atomic mass is 9.96. The molecule has 0 aliphatic carbocycles. The summed E-state index contributed by atoms with van der Waals surface area (Å²) < 4.78 is 51.8. The molecule has 0 bridgehead atoms. The van der Waals surface area contributed by atoms with Gasteiger partial charge in [0.1, 0.15) is 18.1 Å². The minimum Gasteiger partial charge on any atom is -0.497 e.